The maximum absolute atomic E-state index is 9.76. The molecule has 0 fully saturated rings. The lowest BCUT2D eigenvalue weighted by atomic mass is 9.85. The quantitative estimate of drug-likeness (QED) is 0.163. The van der Waals surface area contributed by atoms with E-state index >= 15 is 0 Å². The number of para-hydroxylation sites is 1. The third kappa shape index (κ3) is 5.41. The van der Waals surface area contributed by atoms with Crippen LogP contribution in [0.5, 0.6) is 0 Å². The molecule has 0 atom stereocenters. The van der Waals surface area contributed by atoms with Crippen molar-refractivity contribution in [2.24, 2.45) is 0 Å². The zero-order valence-corrected chi connectivity index (χ0v) is 31.0. The van der Waals surface area contributed by atoms with Crippen LogP contribution in [0.25, 0.3) is 104 Å². The predicted molar refractivity (Wildman–Crippen MR) is 240 cm³/mol. The molecule has 11 rings (SSSR count). The van der Waals surface area contributed by atoms with Gasteiger partial charge in [-0.25, -0.2) is 0 Å². The van der Waals surface area contributed by atoms with Crippen molar-refractivity contribution in [2.75, 3.05) is 0 Å². The van der Waals surface area contributed by atoms with Gasteiger partial charge in [-0.3, -0.25) is 0 Å². The van der Waals surface area contributed by atoms with Crippen molar-refractivity contribution < 1.29 is 0 Å². The minimum Gasteiger partial charge on any atom is -0.309 e. The zero-order chi connectivity index (χ0) is 37.9. The normalized spacial score (nSPS) is 11.5. The molecule has 0 saturated carbocycles. The van der Waals surface area contributed by atoms with Crippen LogP contribution in [0.4, 0.5) is 0 Å². The molecule has 0 amide bonds. The Labute approximate surface area is 330 Å². The van der Waals surface area contributed by atoms with Crippen molar-refractivity contribution >= 4 is 54.1 Å². The van der Waals surface area contributed by atoms with Gasteiger partial charge < -0.3 is 4.57 Å². The van der Waals surface area contributed by atoms with Crippen molar-refractivity contribution in [2.45, 2.75) is 0 Å². The lowest BCUT2D eigenvalue weighted by Gasteiger charge is -2.19. The van der Waals surface area contributed by atoms with E-state index in [1.165, 1.54) is 65.7 Å². The molecular formula is C55H34N2. The van der Waals surface area contributed by atoms with Gasteiger partial charge in [-0.05, 0) is 137 Å². The van der Waals surface area contributed by atoms with Crippen LogP contribution in [-0.4, -0.2) is 4.57 Å². The summed E-state index contributed by atoms with van der Waals surface area (Å²) in [6.45, 7) is 0. The number of aromatic nitrogens is 1. The van der Waals surface area contributed by atoms with Crippen LogP contribution < -0.4 is 0 Å². The van der Waals surface area contributed by atoms with Crippen LogP contribution in [0.15, 0.2) is 206 Å². The molecule has 0 aliphatic heterocycles. The molecule has 10 aromatic carbocycles. The Morgan fingerprint density at radius 2 is 0.754 bits per heavy atom. The first-order chi connectivity index (χ1) is 28.2. The van der Waals surface area contributed by atoms with Gasteiger partial charge in [0.25, 0.3) is 0 Å². The van der Waals surface area contributed by atoms with E-state index in [1.54, 1.807) is 0 Å². The SMILES string of the molecule is N#Cc1ccc2c(c1)c1cc(-c3ccc4cc(-c5ccc6c(-c7ccccc7)c7ccccc7c(-c7ccccc7)c6c5)ccc4c3)ccc1n2-c1ccccc1. The summed E-state index contributed by atoms with van der Waals surface area (Å²) in [6.07, 6.45) is 0. The maximum Gasteiger partial charge on any atom is 0.0991 e. The maximum atomic E-state index is 9.76. The van der Waals surface area contributed by atoms with Crippen molar-refractivity contribution in [3.05, 3.63) is 212 Å². The molecule has 264 valence electrons. The molecule has 0 spiro atoms. The Kier molecular flexibility index (Phi) is 7.59. The zero-order valence-electron chi connectivity index (χ0n) is 31.0. The van der Waals surface area contributed by atoms with Gasteiger partial charge >= 0.3 is 0 Å². The number of hydrogen-bond acceptors (Lipinski definition) is 1. The van der Waals surface area contributed by atoms with Crippen LogP contribution in [0, 0.1) is 11.3 Å². The first kappa shape index (κ1) is 32.7. The number of benzene rings is 10. The highest BCUT2D eigenvalue weighted by molar-refractivity contribution is 6.22. The second-order valence-electron chi connectivity index (χ2n) is 14.8. The third-order valence-electron chi connectivity index (χ3n) is 11.6. The molecule has 0 bridgehead atoms. The highest BCUT2D eigenvalue weighted by Crippen LogP contribution is 2.45. The topological polar surface area (TPSA) is 28.7 Å². The molecule has 57 heavy (non-hydrogen) atoms. The average Bonchev–Trinajstić information content (AvgIpc) is 3.61. The van der Waals surface area contributed by atoms with Gasteiger partial charge in [-0.2, -0.15) is 5.26 Å². The number of rotatable bonds is 5. The minimum atomic E-state index is 0.661. The molecule has 0 unspecified atom stereocenters. The van der Waals surface area contributed by atoms with Gasteiger partial charge in [0.1, 0.15) is 0 Å². The van der Waals surface area contributed by atoms with Crippen LogP contribution in [0.1, 0.15) is 5.56 Å². The first-order valence-electron chi connectivity index (χ1n) is 19.4. The highest BCUT2D eigenvalue weighted by Gasteiger charge is 2.18. The van der Waals surface area contributed by atoms with E-state index < -0.39 is 0 Å². The van der Waals surface area contributed by atoms with Gasteiger partial charge in [-0.1, -0.05) is 146 Å². The largest absolute Gasteiger partial charge is 0.309 e. The van der Waals surface area contributed by atoms with Crippen molar-refractivity contribution in [1.29, 1.82) is 5.26 Å². The van der Waals surface area contributed by atoms with Crippen LogP contribution in [0.2, 0.25) is 0 Å². The number of hydrogen-bond donors (Lipinski definition) is 0. The Morgan fingerprint density at radius 3 is 1.35 bits per heavy atom. The van der Waals surface area contributed by atoms with Crippen molar-refractivity contribution in [3.63, 3.8) is 0 Å². The number of fused-ring (bicyclic) bond motifs is 6. The second-order valence-corrected chi connectivity index (χ2v) is 14.8. The van der Waals surface area contributed by atoms with Gasteiger partial charge in [0, 0.05) is 16.5 Å². The van der Waals surface area contributed by atoms with E-state index in [1.807, 2.05) is 18.2 Å². The van der Waals surface area contributed by atoms with E-state index in [0.29, 0.717) is 5.56 Å². The molecule has 1 heterocycles. The predicted octanol–water partition coefficient (Wildman–Crippen LogP) is 14.8. The second kappa shape index (κ2) is 13.2. The fourth-order valence-corrected chi connectivity index (χ4v) is 8.92. The van der Waals surface area contributed by atoms with Gasteiger partial charge in [0.2, 0.25) is 0 Å². The van der Waals surface area contributed by atoms with E-state index in [-0.39, 0.29) is 0 Å². The molecule has 2 heteroatoms. The molecule has 11 aromatic rings. The standard InChI is InChI=1S/C55H34N2/c56-35-36-20-28-52-49(30-36)50-33-44(26-29-53(50)57(52)45-16-8-3-9-17-45)42-24-22-39-31-41(23-21-40(39)32-42)43-25-27-48-51(34-43)55(38-14-6-2-7-15-38)47-19-11-10-18-46(47)54(48)37-12-4-1-5-13-37/h1-34H. The molecule has 0 radical (unpaired) electrons. The lowest BCUT2D eigenvalue weighted by Crippen LogP contribution is -1.93. The third-order valence-corrected chi connectivity index (χ3v) is 11.6. The fraction of sp³-hybridized carbons (Fsp3) is 0. The van der Waals surface area contributed by atoms with Gasteiger partial charge in [0.15, 0.2) is 0 Å². The molecule has 0 aliphatic carbocycles. The smallest absolute Gasteiger partial charge is 0.0991 e. The fourth-order valence-electron chi connectivity index (χ4n) is 8.92. The lowest BCUT2D eigenvalue weighted by molar-refractivity contribution is 1.18. The summed E-state index contributed by atoms with van der Waals surface area (Å²) < 4.78 is 2.29. The van der Waals surface area contributed by atoms with E-state index in [9.17, 15) is 5.26 Å². The van der Waals surface area contributed by atoms with Gasteiger partial charge in [-0.15, -0.1) is 0 Å². The highest BCUT2D eigenvalue weighted by atomic mass is 15.0. The summed E-state index contributed by atoms with van der Waals surface area (Å²) in [6, 6.07) is 76.5. The van der Waals surface area contributed by atoms with Crippen LogP contribution >= 0.6 is 0 Å². The summed E-state index contributed by atoms with van der Waals surface area (Å²) in [7, 11) is 0. The Balaban J connectivity index is 1.04. The molecule has 0 N–H and O–H groups in total. The van der Waals surface area contributed by atoms with Crippen molar-refractivity contribution in [1.82, 2.24) is 4.57 Å². The summed E-state index contributed by atoms with van der Waals surface area (Å²) in [5, 5.41) is 19.4. The minimum absolute atomic E-state index is 0.661. The van der Waals surface area contributed by atoms with Crippen LogP contribution in [0.3, 0.4) is 0 Å². The molecule has 1 aromatic heterocycles. The molecule has 2 nitrogen and oxygen atoms in total. The molecular weight excluding hydrogens is 689 g/mol. The number of nitriles is 1. The Hall–Kier alpha value is -7.73. The monoisotopic (exact) mass is 722 g/mol. The molecule has 0 aliphatic rings. The van der Waals surface area contributed by atoms with Crippen molar-refractivity contribution in [3.8, 4) is 56.3 Å². The Morgan fingerprint density at radius 1 is 0.316 bits per heavy atom. The number of nitrogens with zero attached hydrogens (tertiary/aromatic N) is 2. The van der Waals surface area contributed by atoms with Gasteiger partial charge in [0.05, 0.1) is 22.7 Å². The average molecular weight is 723 g/mol. The first-order valence-corrected chi connectivity index (χ1v) is 19.4. The summed E-state index contributed by atoms with van der Waals surface area (Å²) >= 11 is 0. The van der Waals surface area contributed by atoms with Crippen LogP contribution in [-0.2, 0) is 0 Å². The summed E-state index contributed by atoms with van der Waals surface area (Å²) in [5.41, 5.74) is 13.6. The summed E-state index contributed by atoms with van der Waals surface area (Å²) in [5.74, 6) is 0. The van der Waals surface area contributed by atoms with E-state index in [4.69, 9.17) is 0 Å². The van der Waals surface area contributed by atoms with E-state index in [0.717, 1.165) is 38.6 Å². The summed E-state index contributed by atoms with van der Waals surface area (Å²) in [4.78, 5) is 0. The van der Waals surface area contributed by atoms with E-state index in [2.05, 4.69) is 199 Å². The Bertz CT molecular complexity index is 3390. The molecule has 0 saturated heterocycles.